The van der Waals surface area contributed by atoms with Gasteiger partial charge in [-0.05, 0) is 12.1 Å². The summed E-state index contributed by atoms with van der Waals surface area (Å²) in [4.78, 5) is 22.2. The van der Waals surface area contributed by atoms with Crippen LogP contribution < -0.4 is 4.74 Å². The first-order valence-corrected chi connectivity index (χ1v) is 4.19. The highest BCUT2D eigenvalue weighted by Crippen LogP contribution is 2.10. The maximum absolute atomic E-state index is 11.3. The number of hydrogen-bond acceptors (Lipinski definition) is 4. The van der Waals surface area contributed by atoms with E-state index in [1.54, 1.807) is 30.3 Å². The summed E-state index contributed by atoms with van der Waals surface area (Å²) in [7, 11) is 1.17. The van der Waals surface area contributed by atoms with Crippen LogP contribution in [0.4, 0.5) is 0 Å². The van der Waals surface area contributed by atoms with Gasteiger partial charge in [0.25, 0.3) is 0 Å². The van der Waals surface area contributed by atoms with Gasteiger partial charge in [0.15, 0.2) is 0 Å². The van der Waals surface area contributed by atoms with Crippen molar-refractivity contribution in [2.45, 2.75) is 0 Å². The van der Waals surface area contributed by atoms with Gasteiger partial charge < -0.3 is 9.47 Å². The molecule has 78 valence electrons. The number of esters is 2. The fourth-order valence-electron chi connectivity index (χ4n) is 0.864. The van der Waals surface area contributed by atoms with Gasteiger partial charge in [0.2, 0.25) is 0 Å². The Morgan fingerprint density at radius 3 is 2.27 bits per heavy atom. The summed E-state index contributed by atoms with van der Waals surface area (Å²) in [5.41, 5.74) is -0.332. The minimum Gasteiger partial charge on any atom is -0.465 e. The number of rotatable bonds is 3. The first kappa shape index (κ1) is 11.0. The predicted molar refractivity (Wildman–Crippen MR) is 53.2 cm³/mol. The lowest BCUT2D eigenvalue weighted by Gasteiger charge is -2.04. The first-order valence-electron chi connectivity index (χ1n) is 4.19. The molecule has 0 aliphatic rings. The SMILES string of the molecule is C=C(C(=O)OC)C(=O)Oc1ccccc1. The van der Waals surface area contributed by atoms with Crippen LogP contribution in [0.25, 0.3) is 0 Å². The van der Waals surface area contributed by atoms with Gasteiger partial charge in [-0.25, -0.2) is 9.59 Å². The van der Waals surface area contributed by atoms with E-state index in [0.29, 0.717) is 5.75 Å². The van der Waals surface area contributed by atoms with Crippen molar-refractivity contribution in [1.29, 1.82) is 0 Å². The van der Waals surface area contributed by atoms with Crippen LogP contribution in [0, 0.1) is 0 Å². The van der Waals surface area contributed by atoms with E-state index < -0.39 is 11.9 Å². The summed E-state index contributed by atoms with van der Waals surface area (Å²) in [6.45, 7) is 3.27. The number of para-hydroxylation sites is 1. The van der Waals surface area contributed by atoms with Crippen molar-refractivity contribution in [3.63, 3.8) is 0 Å². The molecule has 0 unspecified atom stereocenters. The van der Waals surface area contributed by atoms with Crippen LogP contribution in [-0.2, 0) is 14.3 Å². The third-order valence-electron chi connectivity index (χ3n) is 1.63. The van der Waals surface area contributed by atoms with Crippen molar-refractivity contribution in [3.05, 3.63) is 42.5 Å². The molecule has 0 atom stereocenters. The van der Waals surface area contributed by atoms with Gasteiger partial charge in [0.1, 0.15) is 11.3 Å². The van der Waals surface area contributed by atoms with Gasteiger partial charge in [0, 0.05) is 0 Å². The summed E-state index contributed by atoms with van der Waals surface area (Å²) in [6.07, 6.45) is 0. The molecule has 0 aliphatic carbocycles. The van der Waals surface area contributed by atoms with E-state index in [2.05, 4.69) is 11.3 Å². The van der Waals surface area contributed by atoms with Crippen LogP contribution in [0.2, 0.25) is 0 Å². The van der Waals surface area contributed by atoms with Crippen molar-refractivity contribution in [3.8, 4) is 5.75 Å². The molecule has 0 aromatic heterocycles. The molecule has 0 bridgehead atoms. The summed E-state index contributed by atoms with van der Waals surface area (Å²) >= 11 is 0. The molecule has 0 heterocycles. The van der Waals surface area contributed by atoms with E-state index >= 15 is 0 Å². The summed E-state index contributed by atoms with van der Waals surface area (Å²) in [6, 6.07) is 8.41. The highest BCUT2D eigenvalue weighted by atomic mass is 16.5. The van der Waals surface area contributed by atoms with Crippen LogP contribution in [0.15, 0.2) is 42.5 Å². The molecule has 4 heteroatoms. The molecule has 0 saturated heterocycles. The number of methoxy groups -OCH3 is 1. The fraction of sp³-hybridized carbons (Fsp3) is 0.0909. The molecule has 0 radical (unpaired) electrons. The van der Waals surface area contributed by atoms with Crippen molar-refractivity contribution in [1.82, 2.24) is 0 Å². The van der Waals surface area contributed by atoms with Crippen LogP contribution in [0.5, 0.6) is 5.75 Å². The van der Waals surface area contributed by atoms with Gasteiger partial charge in [-0.1, -0.05) is 24.8 Å². The predicted octanol–water partition coefficient (Wildman–Crippen LogP) is 1.32. The standard InChI is InChI=1S/C11H10O4/c1-8(10(12)14-2)11(13)15-9-6-4-3-5-7-9/h3-7H,1H2,2H3. The molecule has 15 heavy (non-hydrogen) atoms. The molecule has 0 fully saturated rings. The molecule has 1 aromatic rings. The van der Waals surface area contributed by atoms with E-state index in [1.807, 2.05) is 0 Å². The summed E-state index contributed by atoms with van der Waals surface area (Å²) in [5, 5.41) is 0. The lowest BCUT2D eigenvalue weighted by atomic mass is 10.3. The van der Waals surface area contributed by atoms with Crippen LogP contribution in [0.1, 0.15) is 0 Å². The number of benzene rings is 1. The van der Waals surface area contributed by atoms with Gasteiger partial charge in [-0.2, -0.15) is 0 Å². The Bertz CT molecular complexity index is 381. The van der Waals surface area contributed by atoms with Crippen LogP contribution in [0.3, 0.4) is 0 Å². The highest BCUT2D eigenvalue weighted by Gasteiger charge is 2.18. The van der Waals surface area contributed by atoms with E-state index in [-0.39, 0.29) is 5.57 Å². The largest absolute Gasteiger partial charge is 0.465 e. The van der Waals surface area contributed by atoms with Crippen molar-refractivity contribution >= 4 is 11.9 Å². The zero-order valence-corrected chi connectivity index (χ0v) is 8.23. The zero-order chi connectivity index (χ0) is 11.3. The number of ether oxygens (including phenoxy) is 2. The van der Waals surface area contributed by atoms with E-state index in [9.17, 15) is 9.59 Å². The molecule has 0 aliphatic heterocycles. The average Bonchev–Trinajstić information content (AvgIpc) is 2.28. The number of carbonyl (C=O) groups excluding carboxylic acids is 2. The van der Waals surface area contributed by atoms with Gasteiger partial charge in [0.05, 0.1) is 7.11 Å². The third kappa shape index (κ3) is 2.95. The minimum absolute atomic E-state index is 0.332. The Balaban J connectivity index is 2.65. The second-order valence-corrected chi connectivity index (χ2v) is 2.67. The lowest BCUT2D eigenvalue weighted by Crippen LogP contribution is -2.18. The second-order valence-electron chi connectivity index (χ2n) is 2.67. The monoisotopic (exact) mass is 206 g/mol. The Hall–Kier alpha value is -2.10. The molecule has 4 nitrogen and oxygen atoms in total. The molecular weight excluding hydrogens is 196 g/mol. The average molecular weight is 206 g/mol. The van der Waals surface area contributed by atoms with E-state index in [1.165, 1.54) is 7.11 Å². The Kier molecular flexibility index (Phi) is 3.62. The maximum Gasteiger partial charge on any atom is 0.350 e. The van der Waals surface area contributed by atoms with Gasteiger partial charge >= 0.3 is 11.9 Å². The molecule has 0 N–H and O–H groups in total. The smallest absolute Gasteiger partial charge is 0.350 e. The summed E-state index contributed by atoms with van der Waals surface area (Å²) in [5.74, 6) is -1.25. The van der Waals surface area contributed by atoms with Gasteiger partial charge in [-0.3, -0.25) is 0 Å². The van der Waals surface area contributed by atoms with Crippen LogP contribution >= 0.6 is 0 Å². The second kappa shape index (κ2) is 4.95. The number of hydrogen-bond donors (Lipinski definition) is 0. The number of carbonyl (C=O) groups is 2. The summed E-state index contributed by atoms with van der Waals surface area (Å²) < 4.78 is 9.19. The van der Waals surface area contributed by atoms with E-state index in [4.69, 9.17) is 4.74 Å². The quantitative estimate of drug-likeness (QED) is 0.246. The van der Waals surface area contributed by atoms with Crippen molar-refractivity contribution < 1.29 is 19.1 Å². The topological polar surface area (TPSA) is 52.6 Å². The van der Waals surface area contributed by atoms with Crippen LogP contribution in [-0.4, -0.2) is 19.0 Å². The van der Waals surface area contributed by atoms with Crippen molar-refractivity contribution in [2.75, 3.05) is 7.11 Å². The molecule has 1 aromatic carbocycles. The Morgan fingerprint density at radius 2 is 1.73 bits per heavy atom. The maximum atomic E-state index is 11.3. The molecule has 1 rings (SSSR count). The zero-order valence-electron chi connectivity index (χ0n) is 8.23. The molecule has 0 saturated carbocycles. The molecule has 0 amide bonds. The van der Waals surface area contributed by atoms with Gasteiger partial charge in [-0.15, -0.1) is 0 Å². The molecular formula is C11H10O4. The van der Waals surface area contributed by atoms with Crippen molar-refractivity contribution in [2.24, 2.45) is 0 Å². The molecule has 0 spiro atoms. The third-order valence-corrected chi connectivity index (χ3v) is 1.63. The lowest BCUT2D eigenvalue weighted by molar-refractivity contribution is -0.141. The van der Waals surface area contributed by atoms with E-state index in [0.717, 1.165) is 0 Å². The minimum atomic E-state index is -0.812. The Labute approximate surface area is 87.1 Å². The fourth-order valence-corrected chi connectivity index (χ4v) is 0.864. The highest BCUT2D eigenvalue weighted by molar-refractivity contribution is 6.13. The Morgan fingerprint density at radius 1 is 1.13 bits per heavy atom. The first-order chi connectivity index (χ1) is 7.15. The normalized spacial score (nSPS) is 9.13.